The van der Waals surface area contributed by atoms with Crippen LogP contribution < -0.4 is 20.1 Å². The first-order chi connectivity index (χ1) is 15.3. The number of likely N-dealkylation sites (tertiary alicyclic amines) is 1. The smallest absolute Gasteiger partial charge is 0.321 e. The van der Waals surface area contributed by atoms with Crippen LogP contribution in [0.25, 0.3) is 0 Å². The van der Waals surface area contributed by atoms with E-state index in [1.807, 2.05) is 49.4 Å². The van der Waals surface area contributed by atoms with Gasteiger partial charge in [-0.05, 0) is 31.0 Å². The summed E-state index contributed by atoms with van der Waals surface area (Å²) < 4.78 is 11.1. The van der Waals surface area contributed by atoms with Crippen molar-refractivity contribution in [3.05, 3.63) is 53.6 Å². The minimum atomic E-state index is -0.390. The van der Waals surface area contributed by atoms with Gasteiger partial charge in [0.1, 0.15) is 0 Å². The molecule has 0 aromatic heterocycles. The lowest BCUT2D eigenvalue weighted by Crippen LogP contribution is -2.38. The Kier molecular flexibility index (Phi) is 7.62. The van der Waals surface area contributed by atoms with E-state index in [1.54, 1.807) is 19.1 Å². The normalized spacial score (nSPS) is 17.9. The van der Waals surface area contributed by atoms with Gasteiger partial charge in [-0.2, -0.15) is 0 Å². The van der Waals surface area contributed by atoms with Crippen LogP contribution >= 0.6 is 0 Å². The molecule has 1 aliphatic heterocycles. The zero-order valence-electron chi connectivity index (χ0n) is 19.5. The van der Waals surface area contributed by atoms with E-state index in [1.165, 1.54) is 0 Å². The van der Waals surface area contributed by atoms with Crippen molar-refractivity contribution < 1.29 is 19.1 Å². The number of methoxy groups -OCH3 is 2. The number of amides is 3. The van der Waals surface area contributed by atoms with Crippen LogP contribution in [-0.4, -0.2) is 50.7 Å². The number of anilines is 1. The molecule has 2 N–H and O–H groups in total. The summed E-state index contributed by atoms with van der Waals surface area (Å²) in [5.41, 5.74) is 2.71. The number of carbonyl (C=O) groups excluding carboxylic acids is 2. The molecule has 32 heavy (non-hydrogen) atoms. The van der Waals surface area contributed by atoms with Crippen LogP contribution in [0.2, 0.25) is 0 Å². The van der Waals surface area contributed by atoms with Gasteiger partial charge in [0.2, 0.25) is 5.91 Å². The SMILES string of the molecule is COc1cccc([C@H]2CN(C(=O)Nc3ccc(C)cc3)C[C@H]2C(=O)NCC(C)C)c1OC. The summed E-state index contributed by atoms with van der Waals surface area (Å²) >= 11 is 0. The standard InChI is InChI=1S/C25H33N3O4/c1-16(2)13-26-24(29)21-15-28(25(30)27-18-11-9-17(3)10-12-18)14-20(21)19-7-6-8-22(31-4)23(19)32-5/h6-12,16,20-21H,13-15H2,1-5H3,(H,26,29)(H,27,30)/t20-,21-/m1/s1. The Bertz CT molecular complexity index is 943. The molecule has 2 atom stereocenters. The van der Waals surface area contributed by atoms with Gasteiger partial charge in [0, 0.05) is 36.8 Å². The van der Waals surface area contributed by atoms with Gasteiger partial charge in [0.05, 0.1) is 20.1 Å². The molecule has 7 nitrogen and oxygen atoms in total. The van der Waals surface area contributed by atoms with E-state index in [2.05, 4.69) is 24.5 Å². The second-order valence-electron chi connectivity index (χ2n) is 8.64. The highest BCUT2D eigenvalue weighted by molar-refractivity contribution is 5.91. The Morgan fingerprint density at radius 1 is 1.06 bits per heavy atom. The Morgan fingerprint density at radius 2 is 1.78 bits per heavy atom. The van der Waals surface area contributed by atoms with Crippen LogP contribution in [0.4, 0.5) is 10.5 Å². The number of para-hydroxylation sites is 1. The fraction of sp³-hybridized carbons (Fsp3) is 0.440. The molecular formula is C25H33N3O4. The molecule has 2 aromatic rings. The van der Waals surface area contributed by atoms with Gasteiger partial charge < -0.3 is 25.0 Å². The molecule has 0 saturated carbocycles. The molecule has 2 aromatic carbocycles. The molecule has 7 heteroatoms. The molecule has 0 unspecified atom stereocenters. The number of benzene rings is 2. The lowest BCUT2D eigenvalue weighted by molar-refractivity contribution is -0.125. The monoisotopic (exact) mass is 439 g/mol. The molecule has 1 saturated heterocycles. The van der Waals surface area contributed by atoms with Gasteiger partial charge >= 0.3 is 6.03 Å². The van der Waals surface area contributed by atoms with Crippen LogP contribution in [-0.2, 0) is 4.79 Å². The second-order valence-corrected chi connectivity index (χ2v) is 8.64. The average Bonchev–Trinajstić information content (AvgIpc) is 3.24. The Balaban J connectivity index is 1.86. The first-order valence-electron chi connectivity index (χ1n) is 10.9. The van der Waals surface area contributed by atoms with Crippen LogP contribution in [0.1, 0.15) is 30.9 Å². The third kappa shape index (κ3) is 5.33. The summed E-state index contributed by atoms with van der Waals surface area (Å²) in [6, 6.07) is 13.1. The third-order valence-electron chi connectivity index (χ3n) is 5.76. The van der Waals surface area contributed by atoms with E-state index >= 15 is 0 Å². The second kappa shape index (κ2) is 10.4. The van der Waals surface area contributed by atoms with E-state index in [0.29, 0.717) is 37.1 Å². The van der Waals surface area contributed by atoms with Crippen LogP contribution in [0.15, 0.2) is 42.5 Å². The van der Waals surface area contributed by atoms with Gasteiger partial charge in [0.15, 0.2) is 11.5 Å². The number of aryl methyl sites for hydroxylation is 1. The molecule has 1 fully saturated rings. The zero-order valence-corrected chi connectivity index (χ0v) is 19.5. The minimum absolute atomic E-state index is 0.0563. The number of ether oxygens (including phenoxy) is 2. The van der Waals surface area contributed by atoms with Crippen LogP contribution in [0.5, 0.6) is 11.5 Å². The summed E-state index contributed by atoms with van der Waals surface area (Å²) in [6.07, 6.45) is 0. The van der Waals surface area contributed by atoms with Crippen molar-refractivity contribution in [1.82, 2.24) is 10.2 Å². The maximum atomic E-state index is 13.1. The van der Waals surface area contributed by atoms with Crippen LogP contribution in [0, 0.1) is 18.8 Å². The molecular weight excluding hydrogens is 406 g/mol. The largest absolute Gasteiger partial charge is 0.493 e. The zero-order chi connectivity index (χ0) is 23.3. The van der Waals surface area contributed by atoms with E-state index in [9.17, 15) is 9.59 Å². The highest BCUT2D eigenvalue weighted by Gasteiger charge is 2.42. The maximum absolute atomic E-state index is 13.1. The highest BCUT2D eigenvalue weighted by Crippen LogP contribution is 2.42. The lowest BCUT2D eigenvalue weighted by atomic mass is 9.87. The Morgan fingerprint density at radius 3 is 2.41 bits per heavy atom. The Labute approximate surface area is 190 Å². The minimum Gasteiger partial charge on any atom is -0.493 e. The van der Waals surface area contributed by atoms with Crippen molar-refractivity contribution in [1.29, 1.82) is 0 Å². The number of carbonyl (C=O) groups is 2. The fourth-order valence-corrected chi connectivity index (χ4v) is 4.03. The van der Waals surface area contributed by atoms with Gasteiger partial charge in [-0.1, -0.05) is 43.7 Å². The number of nitrogens with zero attached hydrogens (tertiary/aromatic N) is 1. The number of nitrogens with one attached hydrogen (secondary N) is 2. The van der Waals surface area contributed by atoms with E-state index in [4.69, 9.17) is 9.47 Å². The first kappa shape index (κ1) is 23.4. The highest BCUT2D eigenvalue weighted by atomic mass is 16.5. The van der Waals surface area contributed by atoms with Crippen molar-refractivity contribution in [2.45, 2.75) is 26.7 Å². The number of hydrogen-bond acceptors (Lipinski definition) is 4. The summed E-state index contributed by atoms with van der Waals surface area (Å²) in [4.78, 5) is 27.8. The van der Waals surface area contributed by atoms with Gasteiger partial charge in [-0.3, -0.25) is 4.79 Å². The molecule has 1 heterocycles. The van der Waals surface area contributed by atoms with E-state index in [-0.39, 0.29) is 17.9 Å². The van der Waals surface area contributed by atoms with E-state index < -0.39 is 5.92 Å². The summed E-state index contributed by atoms with van der Waals surface area (Å²) in [7, 11) is 3.18. The average molecular weight is 440 g/mol. The molecule has 3 rings (SSSR count). The number of hydrogen-bond donors (Lipinski definition) is 2. The summed E-state index contributed by atoms with van der Waals surface area (Å²) in [5, 5.41) is 5.98. The van der Waals surface area contributed by atoms with Crippen molar-refractivity contribution in [3.8, 4) is 11.5 Å². The predicted molar refractivity (Wildman–Crippen MR) is 125 cm³/mol. The fourth-order valence-electron chi connectivity index (χ4n) is 4.03. The molecule has 0 aliphatic carbocycles. The molecule has 3 amide bonds. The van der Waals surface area contributed by atoms with Crippen molar-refractivity contribution >= 4 is 17.6 Å². The predicted octanol–water partition coefficient (Wildman–Crippen LogP) is 4.03. The molecule has 0 radical (unpaired) electrons. The third-order valence-corrected chi connectivity index (χ3v) is 5.76. The van der Waals surface area contributed by atoms with E-state index in [0.717, 1.165) is 16.8 Å². The molecule has 0 bridgehead atoms. The van der Waals surface area contributed by atoms with Gasteiger partial charge in [-0.15, -0.1) is 0 Å². The van der Waals surface area contributed by atoms with Crippen LogP contribution in [0.3, 0.4) is 0 Å². The maximum Gasteiger partial charge on any atom is 0.321 e. The van der Waals surface area contributed by atoms with Gasteiger partial charge in [-0.25, -0.2) is 4.79 Å². The quantitative estimate of drug-likeness (QED) is 0.683. The van der Waals surface area contributed by atoms with Crippen molar-refractivity contribution in [2.24, 2.45) is 11.8 Å². The topological polar surface area (TPSA) is 79.9 Å². The summed E-state index contributed by atoms with van der Waals surface area (Å²) in [5.74, 6) is 0.885. The van der Waals surface area contributed by atoms with Gasteiger partial charge in [0.25, 0.3) is 0 Å². The summed E-state index contributed by atoms with van der Waals surface area (Å²) in [6.45, 7) is 7.43. The molecule has 172 valence electrons. The Hall–Kier alpha value is -3.22. The number of rotatable bonds is 7. The number of urea groups is 1. The lowest BCUT2D eigenvalue weighted by Gasteiger charge is -2.22. The molecule has 0 spiro atoms. The first-order valence-corrected chi connectivity index (χ1v) is 10.9. The molecule has 1 aliphatic rings. The van der Waals surface area contributed by atoms with Crippen molar-refractivity contribution in [2.75, 3.05) is 39.2 Å². The van der Waals surface area contributed by atoms with Crippen molar-refractivity contribution in [3.63, 3.8) is 0 Å².